The number of carbonyl (C=O) groups is 2. The number of halogens is 3. The molecule has 0 aliphatic rings. The topological polar surface area (TPSA) is 108 Å². The highest BCUT2D eigenvalue weighted by Gasteiger charge is 2.48. The van der Waals surface area contributed by atoms with E-state index < -0.39 is 45.0 Å². The Kier molecular flexibility index (Phi) is 7.29. The van der Waals surface area contributed by atoms with Crippen molar-refractivity contribution in [1.29, 1.82) is 0 Å². The Morgan fingerprint density at radius 2 is 1.64 bits per heavy atom. The fourth-order valence-corrected chi connectivity index (χ4v) is 2.24. The van der Waals surface area contributed by atoms with Crippen LogP contribution in [0.1, 0.15) is 33.3 Å². The molecule has 0 radical (unpaired) electrons. The highest BCUT2D eigenvalue weighted by atomic mass is 32.2. The molecule has 0 spiro atoms. The summed E-state index contributed by atoms with van der Waals surface area (Å²) >= 11 is 0. The average molecular weight is 427 g/mol. The summed E-state index contributed by atoms with van der Waals surface area (Å²) in [4.78, 5) is 27.9. The van der Waals surface area contributed by atoms with Crippen molar-refractivity contribution in [2.45, 2.75) is 45.2 Å². The normalized spacial score (nSPS) is 13.4. The molecule has 1 N–H and O–H groups in total. The molecule has 1 atom stereocenters. The van der Waals surface area contributed by atoms with Gasteiger partial charge in [0.15, 0.2) is 0 Å². The molecule has 28 heavy (non-hydrogen) atoms. The fourth-order valence-electron chi connectivity index (χ4n) is 1.78. The second-order valence-corrected chi connectivity index (χ2v) is 8.30. The summed E-state index contributed by atoms with van der Waals surface area (Å²) in [6, 6.07) is 4.64. The number of benzene rings is 1. The minimum absolute atomic E-state index is 0.112. The number of rotatable bonds is 5. The lowest BCUT2D eigenvalue weighted by molar-refractivity contribution is -0.154. The van der Waals surface area contributed by atoms with E-state index in [1.807, 2.05) is 5.48 Å². The van der Waals surface area contributed by atoms with E-state index in [9.17, 15) is 31.2 Å². The first-order valence-corrected chi connectivity index (χ1v) is 9.31. The summed E-state index contributed by atoms with van der Waals surface area (Å²) in [5, 5.41) is 0. The van der Waals surface area contributed by atoms with Crippen LogP contribution in [0.3, 0.4) is 0 Å². The van der Waals surface area contributed by atoms with Gasteiger partial charge in [-0.25, -0.2) is 9.59 Å². The van der Waals surface area contributed by atoms with Crippen molar-refractivity contribution < 1.29 is 44.9 Å². The van der Waals surface area contributed by atoms with Gasteiger partial charge in [0, 0.05) is 0 Å². The predicted octanol–water partition coefficient (Wildman–Crippen LogP) is 3.08. The number of hydrogen-bond acceptors (Lipinski definition) is 7. The summed E-state index contributed by atoms with van der Waals surface area (Å²) < 4.78 is 67.6. The number of carbonyl (C=O) groups excluding carboxylic acids is 2. The molecule has 0 aromatic heterocycles. The van der Waals surface area contributed by atoms with Crippen molar-refractivity contribution in [1.82, 2.24) is 5.48 Å². The standard InChI is InChI=1S/C16H20F3NO7S/c1-10(13(21)26-20-14(22)25-15(2,3)4)9-11-5-7-12(8-6-11)27-28(23,24)16(17,18)19/h5-8,10H,9H2,1-4H3,(H,20,22). The summed E-state index contributed by atoms with van der Waals surface area (Å²) in [5.41, 5.74) is -3.96. The lowest BCUT2D eigenvalue weighted by atomic mass is 10.0. The number of ether oxygens (including phenoxy) is 1. The second kappa shape index (κ2) is 8.67. The molecule has 0 aliphatic heterocycles. The van der Waals surface area contributed by atoms with Crippen molar-refractivity contribution in [3.63, 3.8) is 0 Å². The van der Waals surface area contributed by atoms with Crippen LogP contribution < -0.4 is 9.66 Å². The highest BCUT2D eigenvalue weighted by molar-refractivity contribution is 7.88. The number of hydroxylamine groups is 1. The van der Waals surface area contributed by atoms with Crippen molar-refractivity contribution >= 4 is 22.2 Å². The zero-order valence-electron chi connectivity index (χ0n) is 15.5. The molecule has 1 aromatic carbocycles. The van der Waals surface area contributed by atoms with Crippen LogP contribution in [0.2, 0.25) is 0 Å². The van der Waals surface area contributed by atoms with Gasteiger partial charge in [-0.05, 0) is 44.9 Å². The second-order valence-electron chi connectivity index (χ2n) is 6.76. The number of nitrogens with one attached hydrogen (secondary N) is 1. The van der Waals surface area contributed by atoms with E-state index >= 15 is 0 Å². The van der Waals surface area contributed by atoms with Gasteiger partial charge in [0.05, 0.1) is 5.92 Å². The maximum absolute atomic E-state index is 12.3. The Labute approximate surface area is 160 Å². The van der Waals surface area contributed by atoms with Gasteiger partial charge in [-0.15, -0.1) is 5.48 Å². The van der Waals surface area contributed by atoms with Gasteiger partial charge in [0.1, 0.15) is 11.4 Å². The molecule has 8 nitrogen and oxygen atoms in total. The van der Waals surface area contributed by atoms with Crippen molar-refractivity contribution in [2.75, 3.05) is 0 Å². The lowest BCUT2D eigenvalue weighted by Crippen LogP contribution is -2.35. The Hall–Kier alpha value is -2.50. The van der Waals surface area contributed by atoms with Crippen molar-refractivity contribution in [2.24, 2.45) is 5.92 Å². The first kappa shape index (κ1) is 23.5. The van der Waals surface area contributed by atoms with Crippen LogP contribution in [0.5, 0.6) is 5.75 Å². The molecule has 0 heterocycles. The van der Waals surface area contributed by atoms with Gasteiger partial charge in [-0.2, -0.15) is 21.6 Å². The number of alkyl halides is 3. The van der Waals surface area contributed by atoms with Gasteiger partial charge < -0.3 is 13.8 Å². The van der Waals surface area contributed by atoms with Crippen LogP contribution in [0.4, 0.5) is 18.0 Å². The molecule has 1 rings (SSSR count). The smallest absolute Gasteiger partial charge is 0.442 e. The van der Waals surface area contributed by atoms with Gasteiger partial charge in [0.2, 0.25) is 0 Å². The molecule has 1 unspecified atom stereocenters. The third kappa shape index (κ3) is 7.62. The first-order valence-electron chi connectivity index (χ1n) is 7.90. The number of amides is 1. The zero-order valence-corrected chi connectivity index (χ0v) is 16.3. The van der Waals surface area contributed by atoms with Crippen LogP contribution >= 0.6 is 0 Å². The maximum Gasteiger partial charge on any atom is 0.534 e. The van der Waals surface area contributed by atoms with Gasteiger partial charge in [0.25, 0.3) is 0 Å². The maximum atomic E-state index is 12.3. The largest absolute Gasteiger partial charge is 0.534 e. The first-order chi connectivity index (χ1) is 12.6. The van der Waals surface area contributed by atoms with E-state index in [2.05, 4.69) is 9.02 Å². The van der Waals surface area contributed by atoms with Gasteiger partial charge >= 0.3 is 27.7 Å². The molecule has 0 fully saturated rings. The van der Waals surface area contributed by atoms with Crippen LogP contribution in [-0.4, -0.2) is 31.6 Å². The molecule has 1 aromatic rings. The molecule has 12 heteroatoms. The molecule has 158 valence electrons. The molecular formula is C16H20F3NO7S. The highest BCUT2D eigenvalue weighted by Crippen LogP contribution is 2.27. The van der Waals surface area contributed by atoms with Crippen molar-refractivity contribution in [3.8, 4) is 5.75 Å². The minimum atomic E-state index is -5.75. The van der Waals surface area contributed by atoms with E-state index in [1.54, 1.807) is 20.8 Å². The number of hydrogen-bond donors (Lipinski definition) is 1. The summed E-state index contributed by atoms with van der Waals surface area (Å²) in [5.74, 6) is -2.02. The Morgan fingerprint density at radius 1 is 1.11 bits per heavy atom. The molecular weight excluding hydrogens is 407 g/mol. The molecule has 1 amide bonds. The van der Waals surface area contributed by atoms with E-state index in [0.29, 0.717) is 5.56 Å². The molecule has 0 bridgehead atoms. The molecule has 0 saturated heterocycles. The van der Waals surface area contributed by atoms with E-state index in [1.165, 1.54) is 19.1 Å². The lowest BCUT2D eigenvalue weighted by Gasteiger charge is -2.19. The quantitative estimate of drug-likeness (QED) is 0.437. The van der Waals surface area contributed by atoms with Gasteiger partial charge in [-0.3, -0.25) is 0 Å². The summed E-state index contributed by atoms with van der Waals surface area (Å²) in [6.45, 7) is 6.39. The van der Waals surface area contributed by atoms with E-state index in [-0.39, 0.29) is 6.42 Å². The third-order valence-electron chi connectivity index (χ3n) is 2.99. The Bertz CT molecular complexity index is 799. The minimum Gasteiger partial charge on any atom is -0.442 e. The van der Waals surface area contributed by atoms with E-state index in [0.717, 1.165) is 12.1 Å². The Morgan fingerprint density at radius 3 is 2.11 bits per heavy atom. The SMILES string of the molecule is CC(Cc1ccc(OS(=O)(=O)C(F)(F)F)cc1)C(=O)ONC(=O)OC(C)(C)C. The Balaban J connectivity index is 2.59. The molecule has 0 saturated carbocycles. The predicted molar refractivity (Wildman–Crippen MR) is 90.4 cm³/mol. The fraction of sp³-hybridized carbons (Fsp3) is 0.500. The third-order valence-corrected chi connectivity index (χ3v) is 3.97. The van der Waals surface area contributed by atoms with Crippen molar-refractivity contribution in [3.05, 3.63) is 29.8 Å². The van der Waals surface area contributed by atoms with E-state index in [4.69, 9.17) is 4.74 Å². The monoisotopic (exact) mass is 427 g/mol. The van der Waals surface area contributed by atoms with Crippen LogP contribution in [-0.2, 0) is 30.9 Å². The van der Waals surface area contributed by atoms with Crippen LogP contribution in [0.25, 0.3) is 0 Å². The van der Waals surface area contributed by atoms with Crippen LogP contribution in [0, 0.1) is 5.92 Å². The zero-order chi connectivity index (χ0) is 21.8. The summed E-state index contributed by atoms with van der Waals surface area (Å²) in [6.07, 6.45) is -0.832. The molecule has 0 aliphatic carbocycles. The van der Waals surface area contributed by atoms with Gasteiger partial charge in [-0.1, -0.05) is 19.1 Å². The average Bonchev–Trinajstić information content (AvgIpc) is 2.51. The van der Waals surface area contributed by atoms with Crippen LogP contribution in [0.15, 0.2) is 24.3 Å². The summed E-state index contributed by atoms with van der Waals surface area (Å²) in [7, 11) is -5.75.